The summed E-state index contributed by atoms with van der Waals surface area (Å²) < 4.78 is 66.7. The Kier molecular flexibility index (Phi) is 4.52. The van der Waals surface area contributed by atoms with E-state index >= 15 is 0 Å². The molecule has 0 atom stereocenters. The lowest BCUT2D eigenvalue weighted by atomic mass is 10.2. The SMILES string of the molecule is N/C(=N/O)c1cc(F)c(OCCC(F)(F)F)c(F)c1. The summed E-state index contributed by atoms with van der Waals surface area (Å²) in [6, 6.07) is 1.36. The van der Waals surface area contributed by atoms with Gasteiger partial charge in [0.15, 0.2) is 23.2 Å². The van der Waals surface area contributed by atoms with Crippen LogP contribution in [-0.4, -0.2) is 23.8 Å². The first-order chi connectivity index (χ1) is 8.74. The number of nitrogens with two attached hydrogens (primary N) is 1. The monoisotopic (exact) mass is 284 g/mol. The predicted octanol–water partition coefficient (Wildman–Crippen LogP) is 2.39. The van der Waals surface area contributed by atoms with Crippen molar-refractivity contribution in [3.05, 3.63) is 29.3 Å². The molecule has 1 aromatic rings. The molecule has 0 bridgehead atoms. The van der Waals surface area contributed by atoms with Gasteiger partial charge in [-0.2, -0.15) is 13.2 Å². The van der Waals surface area contributed by atoms with Gasteiger partial charge >= 0.3 is 6.18 Å². The fourth-order valence-corrected chi connectivity index (χ4v) is 1.17. The molecular weight excluding hydrogens is 275 g/mol. The molecule has 1 rings (SSSR count). The number of benzene rings is 1. The van der Waals surface area contributed by atoms with E-state index in [0.29, 0.717) is 12.1 Å². The van der Waals surface area contributed by atoms with Crippen molar-refractivity contribution in [3.8, 4) is 5.75 Å². The van der Waals surface area contributed by atoms with Crippen LogP contribution in [0.2, 0.25) is 0 Å². The smallest absolute Gasteiger partial charge is 0.392 e. The second-order valence-corrected chi connectivity index (χ2v) is 3.47. The number of alkyl halides is 3. The van der Waals surface area contributed by atoms with Gasteiger partial charge < -0.3 is 15.7 Å². The van der Waals surface area contributed by atoms with Gasteiger partial charge in [0, 0.05) is 5.56 Å². The first-order valence-corrected chi connectivity index (χ1v) is 4.91. The molecule has 0 aliphatic carbocycles. The van der Waals surface area contributed by atoms with E-state index in [1.807, 2.05) is 0 Å². The van der Waals surface area contributed by atoms with Gasteiger partial charge in [-0.25, -0.2) is 8.78 Å². The molecule has 3 N–H and O–H groups in total. The molecule has 106 valence electrons. The number of halogens is 5. The first-order valence-electron chi connectivity index (χ1n) is 4.91. The van der Waals surface area contributed by atoms with Crippen LogP contribution in [0.4, 0.5) is 22.0 Å². The van der Waals surface area contributed by atoms with E-state index in [0.717, 1.165) is 0 Å². The summed E-state index contributed by atoms with van der Waals surface area (Å²) in [6.45, 7) is -0.916. The van der Waals surface area contributed by atoms with Gasteiger partial charge in [0.1, 0.15) is 0 Å². The van der Waals surface area contributed by atoms with Crippen LogP contribution in [0.1, 0.15) is 12.0 Å². The Labute approximate surface area is 104 Å². The minimum Gasteiger partial charge on any atom is -0.487 e. The summed E-state index contributed by atoms with van der Waals surface area (Å²) in [5.74, 6) is -3.98. The highest BCUT2D eigenvalue weighted by atomic mass is 19.4. The molecule has 0 radical (unpaired) electrons. The van der Waals surface area contributed by atoms with E-state index in [4.69, 9.17) is 10.9 Å². The summed E-state index contributed by atoms with van der Waals surface area (Å²) in [5.41, 5.74) is 4.85. The summed E-state index contributed by atoms with van der Waals surface area (Å²) in [4.78, 5) is 0. The topological polar surface area (TPSA) is 67.8 Å². The number of nitrogens with zero attached hydrogens (tertiary/aromatic N) is 1. The van der Waals surface area contributed by atoms with E-state index in [1.165, 1.54) is 0 Å². The highest BCUT2D eigenvalue weighted by Gasteiger charge is 2.27. The third-order valence-corrected chi connectivity index (χ3v) is 2.03. The van der Waals surface area contributed by atoms with E-state index in [2.05, 4.69) is 9.89 Å². The van der Waals surface area contributed by atoms with Crippen LogP contribution in [0.25, 0.3) is 0 Å². The third kappa shape index (κ3) is 4.27. The lowest BCUT2D eigenvalue weighted by molar-refractivity contribution is -0.139. The standard InChI is InChI=1S/C10H9F5N2O2/c11-6-3-5(9(16)17-18)4-7(12)8(6)19-2-1-10(13,14)15/h3-4,18H,1-2H2,(H2,16,17). The Morgan fingerprint density at radius 1 is 1.26 bits per heavy atom. The second kappa shape index (κ2) is 5.72. The average molecular weight is 284 g/mol. The highest BCUT2D eigenvalue weighted by Crippen LogP contribution is 2.25. The number of amidine groups is 1. The van der Waals surface area contributed by atoms with Gasteiger partial charge in [-0.3, -0.25) is 0 Å². The van der Waals surface area contributed by atoms with E-state index in [9.17, 15) is 22.0 Å². The van der Waals surface area contributed by atoms with E-state index < -0.39 is 42.4 Å². The first kappa shape index (κ1) is 15.0. The second-order valence-electron chi connectivity index (χ2n) is 3.47. The fraction of sp³-hybridized carbons (Fsp3) is 0.300. The van der Waals surface area contributed by atoms with Crippen molar-refractivity contribution in [2.75, 3.05) is 6.61 Å². The van der Waals surface area contributed by atoms with E-state index in [1.54, 1.807) is 0 Å². The van der Waals surface area contributed by atoms with Gasteiger partial charge in [-0.1, -0.05) is 5.16 Å². The van der Waals surface area contributed by atoms with Gasteiger partial charge in [-0.15, -0.1) is 0 Å². The fourth-order valence-electron chi connectivity index (χ4n) is 1.17. The molecule has 0 saturated heterocycles. The molecule has 0 unspecified atom stereocenters. The Morgan fingerprint density at radius 2 is 1.79 bits per heavy atom. The molecule has 0 saturated carbocycles. The van der Waals surface area contributed by atoms with Gasteiger partial charge in [-0.05, 0) is 12.1 Å². The summed E-state index contributed by atoms with van der Waals surface area (Å²) in [6.07, 6.45) is -5.82. The molecule has 0 fully saturated rings. The average Bonchev–Trinajstić information content (AvgIpc) is 2.30. The molecule has 19 heavy (non-hydrogen) atoms. The predicted molar refractivity (Wildman–Crippen MR) is 55.0 cm³/mol. The molecule has 0 amide bonds. The maximum absolute atomic E-state index is 13.4. The largest absolute Gasteiger partial charge is 0.487 e. The van der Waals surface area contributed by atoms with Crippen LogP contribution < -0.4 is 10.5 Å². The normalized spacial score (nSPS) is 12.6. The number of rotatable bonds is 4. The summed E-state index contributed by atoms with van der Waals surface area (Å²) in [7, 11) is 0. The van der Waals surface area contributed by atoms with Gasteiger partial charge in [0.05, 0.1) is 13.0 Å². The Hall–Kier alpha value is -2.06. The quantitative estimate of drug-likeness (QED) is 0.293. The lowest BCUT2D eigenvalue weighted by Gasteiger charge is -2.11. The zero-order valence-corrected chi connectivity index (χ0v) is 9.34. The molecule has 4 nitrogen and oxygen atoms in total. The third-order valence-electron chi connectivity index (χ3n) is 2.03. The molecule has 1 aromatic carbocycles. The Balaban J connectivity index is 2.86. The number of hydrogen-bond donors (Lipinski definition) is 2. The summed E-state index contributed by atoms with van der Waals surface area (Å²) in [5, 5.41) is 10.9. The van der Waals surface area contributed by atoms with Crippen molar-refractivity contribution >= 4 is 5.84 Å². The van der Waals surface area contributed by atoms with Crippen molar-refractivity contribution in [1.29, 1.82) is 0 Å². The van der Waals surface area contributed by atoms with Crippen LogP contribution >= 0.6 is 0 Å². The lowest BCUT2D eigenvalue weighted by Crippen LogP contribution is -2.16. The Morgan fingerprint density at radius 3 is 2.21 bits per heavy atom. The zero-order valence-electron chi connectivity index (χ0n) is 9.34. The van der Waals surface area contributed by atoms with Crippen molar-refractivity contribution in [2.45, 2.75) is 12.6 Å². The Bertz CT molecular complexity index is 464. The number of ether oxygens (including phenoxy) is 1. The van der Waals surface area contributed by atoms with E-state index in [-0.39, 0.29) is 5.56 Å². The van der Waals surface area contributed by atoms with Crippen molar-refractivity contribution in [2.24, 2.45) is 10.9 Å². The number of hydrogen-bond acceptors (Lipinski definition) is 3. The minimum absolute atomic E-state index is 0.263. The molecule has 9 heteroatoms. The van der Waals surface area contributed by atoms with Gasteiger partial charge in [0.25, 0.3) is 0 Å². The van der Waals surface area contributed by atoms with Gasteiger partial charge in [0.2, 0.25) is 0 Å². The van der Waals surface area contributed by atoms with Crippen LogP contribution in [0, 0.1) is 11.6 Å². The van der Waals surface area contributed by atoms with Crippen molar-refractivity contribution < 1.29 is 31.9 Å². The molecule has 0 spiro atoms. The maximum atomic E-state index is 13.4. The molecular formula is C10H9F5N2O2. The highest BCUT2D eigenvalue weighted by molar-refractivity contribution is 5.97. The number of oxime groups is 1. The van der Waals surface area contributed by atoms with Crippen LogP contribution in [-0.2, 0) is 0 Å². The minimum atomic E-state index is -4.49. The molecule has 0 aliphatic heterocycles. The molecule has 0 heterocycles. The van der Waals surface area contributed by atoms with Crippen LogP contribution in [0.15, 0.2) is 17.3 Å². The molecule has 0 aliphatic rings. The van der Waals surface area contributed by atoms with Crippen molar-refractivity contribution in [1.82, 2.24) is 0 Å². The maximum Gasteiger partial charge on any atom is 0.392 e. The zero-order chi connectivity index (χ0) is 14.6. The summed E-state index contributed by atoms with van der Waals surface area (Å²) >= 11 is 0. The van der Waals surface area contributed by atoms with Crippen molar-refractivity contribution in [3.63, 3.8) is 0 Å². The van der Waals surface area contributed by atoms with Crippen LogP contribution in [0.5, 0.6) is 5.75 Å². The molecule has 0 aromatic heterocycles. The van der Waals surface area contributed by atoms with Crippen LogP contribution in [0.3, 0.4) is 0 Å².